The highest BCUT2D eigenvalue weighted by Crippen LogP contribution is 2.46. The maximum absolute atomic E-state index is 12.7. The van der Waals surface area contributed by atoms with E-state index in [1.165, 1.54) is 26.2 Å². The first kappa shape index (κ1) is 14.7. The number of phenols is 1. The molecule has 3 rings (SSSR count). The van der Waals surface area contributed by atoms with Crippen LogP contribution in [0.2, 0.25) is 0 Å². The van der Waals surface area contributed by atoms with Gasteiger partial charge in [0.15, 0.2) is 11.6 Å². The molecule has 0 bridgehead atoms. The Kier molecular flexibility index (Phi) is 3.14. The van der Waals surface area contributed by atoms with Gasteiger partial charge in [0.2, 0.25) is 5.75 Å². The van der Waals surface area contributed by atoms with E-state index in [-0.39, 0.29) is 33.6 Å². The fraction of sp³-hybridized carbons (Fsp3) is 0.125. The van der Waals surface area contributed by atoms with Crippen LogP contribution in [0.5, 0.6) is 11.5 Å². The topological polar surface area (TPSA) is 107 Å². The Morgan fingerprint density at radius 1 is 1.09 bits per heavy atom. The Morgan fingerprint density at radius 2 is 1.61 bits per heavy atom. The third kappa shape index (κ3) is 1.83. The number of ketones is 2. The number of nitrogens with zero attached hydrogens (tertiary/aromatic N) is 1. The zero-order valence-electron chi connectivity index (χ0n) is 12.2. The average Bonchev–Trinajstić information content (AvgIpc) is 2.52. The molecule has 0 aromatic heterocycles. The lowest BCUT2D eigenvalue weighted by Gasteiger charge is -2.21. The average molecular weight is 313 g/mol. The molecule has 0 saturated carbocycles. The number of carbonyl (C=O) groups is 2. The van der Waals surface area contributed by atoms with Gasteiger partial charge < -0.3 is 9.84 Å². The van der Waals surface area contributed by atoms with Crippen LogP contribution < -0.4 is 4.74 Å². The first-order valence-corrected chi connectivity index (χ1v) is 6.66. The minimum absolute atomic E-state index is 0.00530. The zero-order valence-corrected chi connectivity index (χ0v) is 12.2. The van der Waals surface area contributed by atoms with Gasteiger partial charge in [-0.2, -0.15) is 0 Å². The van der Waals surface area contributed by atoms with E-state index in [9.17, 15) is 24.8 Å². The van der Waals surface area contributed by atoms with Crippen LogP contribution in [0.4, 0.5) is 5.69 Å². The van der Waals surface area contributed by atoms with E-state index < -0.39 is 27.9 Å². The molecule has 0 amide bonds. The third-order valence-corrected chi connectivity index (χ3v) is 3.89. The summed E-state index contributed by atoms with van der Waals surface area (Å²) in [4.78, 5) is 35.8. The number of hydrogen-bond acceptors (Lipinski definition) is 6. The molecule has 7 nitrogen and oxygen atoms in total. The summed E-state index contributed by atoms with van der Waals surface area (Å²) in [6.45, 7) is 1.36. The van der Waals surface area contributed by atoms with Gasteiger partial charge in [-0.25, -0.2) is 0 Å². The number of ether oxygens (including phenoxy) is 1. The van der Waals surface area contributed by atoms with E-state index in [1.807, 2.05) is 0 Å². The van der Waals surface area contributed by atoms with Crippen molar-refractivity contribution in [3.05, 3.63) is 62.2 Å². The molecule has 1 aliphatic rings. The Bertz CT molecular complexity index is 900. The second-order valence-electron chi connectivity index (χ2n) is 5.07. The normalized spacial score (nSPS) is 12.6. The molecular formula is C16H11NO6. The van der Waals surface area contributed by atoms with Crippen LogP contribution in [-0.4, -0.2) is 28.7 Å². The summed E-state index contributed by atoms with van der Waals surface area (Å²) in [6, 6.07) is 6.12. The molecule has 0 heterocycles. The summed E-state index contributed by atoms with van der Waals surface area (Å²) < 4.78 is 5.13. The Labute approximate surface area is 130 Å². The van der Waals surface area contributed by atoms with E-state index in [4.69, 9.17) is 4.74 Å². The monoisotopic (exact) mass is 313 g/mol. The fourth-order valence-electron chi connectivity index (χ4n) is 2.89. The van der Waals surface area contributed by atoms with Gasteiger partial charge in [0.1, 0.15) is 5.75 Å². The van der Waals surface area contributed by atoms with E-state index in [1.54, 1.807) is 12.1 Å². The lowest BCUT2D eigenvalue weighted by molar-refractivity contribution is -0.386. The molecular weight excluding hydrogens is 302 g/mol. The molecule has 0 atom stereocenters. The smallest absolute Gasteiger partial charge is 0.318 e. The zero-order chi connectivity index (χ0) is 16.9. The summed E-state index contributed by atoms with van der Waals surface area (Å²) in [7, 11) is 1.25. The van der Waals surface area contributed by atoms with Crippen LogP contribution in [0.1, 0.15) is 37.4 Å². The molecule has 2 aromatic carbocycles. The SMILES string of the molecule is COc1c(C)c([N+](=O)[O-])c(O)c2c1C(=O)c1ccccc1C2=O. The molecule has 116 valence electrons. The Hall–Kier alpha value is -3.22. The second kappa shape index (κ2) is 4.91. The number of methoxy groups -OCH3 is 1. The first-order valence-electron chi connectivity index (χ1n) is 6.66. The van der Waals surface area contributed by atoms with Crippen LogP contribution in [-0.2, 0) is 0 Å². The predicted molar refractivity (Wildman–Crippen MR) is 79.4 cm³/mol. The van der Waals surface area contributed by atoms with Gasteiger partial charge in [-0.15, -0.1) is 0 Å². The van der Waals surface area contributed by atoms with Crippen molar-refractivity contribution in [2.75, 3.05) is 7.11 Å². The van der Waals surface area contributed by atoms with Gasteiger partial charge in [-0.3, -0.25) is 19.7 Å². The maximum atomic E-state index is 12.7. The number of hydrogen-bond donors (Lipinski definition) is 1. The van der Waals surface area contributed by atoms with E-state index in [2.05, 4.69) is 0 Å². The quantitative estimate of drug-likeness (QED) is 0.575. The van der Waals surface area contributed by atoms with Crippen LogP contribution in [0.3, 0.4) is 0 Å². The highest BCUT2D eigenvalue weighted by atomic mass is 16.6. The van der Waals surface area contributed by atoms with Crippen LogP contribution in [0.15, 0.2) is 24.3 Å². The number of fused-ring (bicyclic) bond motifs is 2. The fourth-order valence-corrected chi connectivity index (χ4v) is 2.89. The number of nitro groups is 1. The summed E-state index contributed by atoms with van der Waals surface area (Å²) in [5.41, 5.74) is -0.897. The largest absolute Gasteiger partial charge is 0.502 e. The third-order valence-electron chi connectivity index (χ3n) is 3.89. The van der Waals surface area contributed by atoms with Crippen molar-refractivity contribution in [3.8, 4) is 11.5 Å². The molecule has 0 spiro atoms. The number of carbonyl (C=O) groups excluding carboxylic acids is 2. The number of rotatable bonds is 2. The van der Waals surface area contributed by atoms with Gasteiger partial charge in [-0.05, 0) is 6.92 Å². The molecule has 1 N–H and O–H groups in total. The lowest BCUT2D eigenvalue weighted by atomic mass is 9.81. The van der Waals surface area contributed by atoms with Crippen molar-refractivity contribution >= 4 is 17.3 Å². The van der Waals surface area contributed by atoms with Crippen molar-refractivity contribution in [1.82, 2.24) is 0 Å². The van der Waals surface area contributed by atoms with Crippen molar-refractivity contribution in [2.24, 2.45) is 0 Å². The molecule has 0 fully saturated rings. The van der Waals surface area contributed by atoms with Crippen molar-refractivity contribution < 1.29 is 24.4 Å². The minimum atomic E-state index is -0.809. The highest BCUT2D eigenvalue weighted by Gasteiger charge is 2.40. The number of aromatic hydroxyl groups is 1. The summed E-state index contributed by atoms with van der Waals surface area (Å²) >= 11 is 0. The highest BCUT2D eigenvalue weighted by molar-refractivity contribution is 6.30. The standard InChI is InChI=1S/C16H11NO6/c1-7-12(17(21)22)15(20)10-11(16(7)23-2)14(19)9-6-4-3-5-8(9)13(10)18/h3-6,20H,1-2H3. The van der Waals surface area contributed by atoms with Crippen LogP contribution >= 0.6 is 0 Å². The molecule has 0 aliphatic heterocycles. The van der Waals surface area contributed by atoms with Gasteiger partial charge >= 0.3 is 5.69 Å². The molecule has 1 aliphatic carbocycles. The molecule has 2 aromatic rings. The Morgan fingerprint density at radius 3 is 2.09 bits per heavy atom. The minimum Gasteiger partial charge on any atom is -0.502 e. The van der Waals surface area contributed by atoms with Gasteiger partial charge in [0, 0.05) is 11.1 Å². The molecule has 0 radical (unpaired) electrons. The summed E-state index contributed by atoms with van der Waals surface area (Å²) in [5.74, 6) is -2.04. The maximum Gasteiger partial charge on any atom is 0.318 e. The van der Waals surface area contributed by atoms with Crippen molar-refractivity contribution in [3.63, 3.8) is 0 Å². The van der Waals surface area contributed by atoms with Gasteiger partial charge in [-0.1, -0.05) is 24.3 Å². The lowest BCUT2D eigenvalue weighted by Crippen LogP contribution is -2.23. The molecule has 0 saturated heterocycles. The molecule has 23 heavy (non-hydrogen) atoms. The second-order valence-corrected chi connectivity index (χ2v) is 5.07. The summed E-state index contributed by atoms with van der Waals surface area (Å²) in [6.07, 6.45) is 0. The Balaban J connectivity index is 2.48. The van der Waals surface area contributed by atoms with Crippen LogP contribution in [0.25, 0.3) is 0 Å². The molecule has 0 unspecified atom stereocenters. The van der Waals surface area contributed by atoms with Crippen molar-refractivity contribution in [1.29, 1.82) is 0 Å². The van der Waals surface area contributed by atoms with Gasteiger partial charge in [0.05, 0.1) is 28.7 Å². The predicted octanol–water partition coefficient (Wildman–Crippen LogP) is 2.39. The number of nitro benzene ring substituents is 1. The van der Waals surface area contributed by atoms with Crippen molar-refractivity contribution in [2.45, 2.75) is 6.92 Å². The van der Waals surface area contributed by atoms with E-state index in [0.29, 0.717) is 0 Å². The first-order chi connectivity index (χ1) is 10.9. The van der Waals surface area contributed by atoms with Crippen LogP contribution in [0, 0.1) is 17.0 Å². The number of benzene rings is 2. The van der Waals surface area contributed by atoms with E-state index in [0.717, 1.165) is 0 Å². The summed E-state index contributed by atoms with van der Waals surface area (Å²) in [5, 5.41) is 21.5. The van der Waals surface area contributed by atoms with E-state index >= 15 is 0 Å². The van der Waals surface area contributed by atoms with Gasteiger partial charge in [0.25, 0.3) is 0 Å². The number of phenolic OH excluding ortho intramolecular Hbond substituents is 1. The molecule has 7 heteroatoms.